The molecule has 0 bridgehead atoms. The lowest BCUT2D eigenvalue weighted by Crippen LogP contribution is -2.41. The van der Waals surface area contributed by atoms with Gasteiger partial charge in [0, 0.05) is 6.04 Å². The monoisotopic (exact) mass is 305 g/mol. The van der Waals surface area contributed by atoms with Gasteiger partial charge in [-0.25, -0.2) is 21.9 Å². The Morgan fingerprint density at radius 3 is 2.55 bits per heavy atom. The zero-order valence-electron chi connectivity index (χ0n) is 11.1. The van der Waals surface area contributed by atoms with E-state index in [1.807, 2.05) is 0 Å². The molecule has 0 spiro atoms. The predicted octanol–water partition coefficient (Wildman–Crippen LogP) is 1.92. The van der Waals surface area contributed by atoms with Crippen LogP contribution < -0.4 is 4.72 Å². The van der Waals surface area contributed by atoms with E-state index >= 15 is 0 Å². The molecule has 1 unspecified atom stereocenters. The van der Waals surface area contributed by atoms with E-state index in [9.17, 15) is 17.2 Å². The Morgan fingerprint density at radius 1 is 1.40 bits per heavy atom. The Hall–Kier alpha value is -1.05. The molecule has 1 aromatic rings. The summed E-state index contributed by atoms with van der Waals surface area (Å²) in [5.74, 6) is -1.94. The van der Waals surface area contributed by atoms with Crippen LogP contribution in [-0.2, 0) is 16.6 Å². The number of aliphatic hydroxyl groups is 1. The van der Waals surface area contributed by atoms with Gasteiger partial charge in [0.05, 0.1) is 12.2 Å². The Balaban J connectivity index is 2.29. The number of benzene rings is 1. The Kier molecular flexibility index (Phi) is 4.41. The number of hydrogen-bond donors (Lipinski definition) is 2. The summed E-state index contributed by atoms with van der Waals surface area (Å²) in [4.78, 5) is -0.630. The van der Waals surface area contributed by atoms with Crippen LogP contribution in [-0.4, -0.2) is 19.6 Å². The summed E-state index contributed by atoms with van der Waals surface area (Å²) in [6, 6.07) is 1.42. The molecule has 7 heteroatoms. The number of rotatable bonds is 5. The first kappa shape index (κ1) is 15.3. The van der Waals surface area contributed by atoms with Crippen molar-refractivity contribution >= 4 is 10.0 Å². The average molecular weight is 305 g/mol. The molecule has 0 heterocycles. The van der Waals surface area contributed by atoms with Gasteiger partial charge in [0.25, 0.3) is 0 Å². The fraction of sp³-hybridized carbons (Fsp3) is 0.538. The minimum atomic E-state index is -4.06. The fourth-order valence-corrected chi connectivity index (χ4v) is 3.69. The second kappa shape index (κ2) is 5.75. The van der Waals surface area contributed by atoms with Gasteiger partial charge in [-0.05, 0) is 37.8 Å². The lowest BCUT2D eigenvalue weighted by molar-refractivity contribution is 0.260. The number of sulfonamides is 1. The van der Waals surface area contributed by atoms with E-state index in [2.05, 4.69) is 4.72 Å². The van der Waals surface area contributed by atoms with Gasteiger partial charge in [-0.15, -0.1) is 0 Å². The summed E-state index contributed by atoms with van der Waals surface area (Å²) in [6.07, 6.45) is 2.95. The van der Waals surface area contributed by atoms with Crippen LogP contribution in [0.25, 0.3) is 0 Å². The van der Waals surface area contributed by atoms with Gasteiger partial charge in [-0.2, -0.15) is 0 Å². The molecule has 4 nitrogen and oxygen atoms in total. The predicted molar refractivity (Wildman–Crippen MR) is 69.4 cm³/mol. The SMILES string of the molecule is CC(NS(=O)(=O)c1ccc(F)c(CO)c1F)C1CCC1. The number of halogens is 2. The smallest absolute Gasteiger partial charge is 0.243 e. The summed E-state index contributed by atoms with van der Waals surface area (Å²) in [6.45, 7) is 0.842. The molecule has 1 aliphatic carbocycles. The van der Waals surface area contributed by atoms with Crippen LogP contribution >= 0.6 is 0 Å². The van der Waals surface area contributed by atoms with E-state index in [-0.39, 0.29) is 12.0 Å². The summed E-state index contributed by atoms with van der Waals surface area (Å²) in [7, 11) is -4.06. The van der Waals surface area contributed by atoms with Gasteiger partial charge in [0.1, 0.15) is 10.7 Å². The van der Waals surface area contributed by atoms with E-state index in [1.54, 1.807) is 6.92 Å². The lowest BCUT2D eigenvalue weighted by Gasteiger charge is -2.31. The third kappa shape index (κ3) is 2.84. The minimum Gasteiger partial charge on any atom is -0.391 e. The first-order chi connectivity index (χ1) is 9.36. The first-order valence-electron chi connectivity index (χ1n) is 6.47. The van der Waals surface area contributed by atoms with Crippen molar-refractivity contribution < 1.29 is 22.3 Å². The van der Waals surface area contributed by atoms with Gasteiger partial charge in [0.15, 0.2) is 5.82 Å². The van der Waals surface area contributed by atoms with Gasteiger partial charge in [0.2, 0.25) is 10.0 Å². The van der Waals surface area contributed by atoms with Crippen molar-refractivity contribution in [3.05, 3.63) is 29.3 Å². The van der Waals surface area contributed by atoms with Crippen LogP contribution in [0.1, 0.15) is 31.7 Å². The Bertz CT molecular complexity index is 600. The van der Waals surface area contributed by atoms with Crippen molar-refractivity contribution in [3.8, 4) is 0 Å². The van der Waals surface area contributed by atoms with Crippen molar-refractivity contribution in [2.24, 2.45) is 5.92 Å². The normalized spacial score (nSPS) is 17.8. The van der Waals surface area contributed by atoms with Crippen molar-refractivity contribution in [2.45, 2.75) is 43.7 Å². The molecule has 0 aliphatic heterocycles. The van der Waals surface area contributed by atoms with Gasteiger partial charge >= 0.3 is 0 Å². The average Bonchev–Trinajstić information content (AvgIpc) is 2.25. The van der Waals surface area contributed by atoms with Crippen LogP contribution in [0.3, 0.4) is 0 Å². The highest BCUT2D eigenvalue weighted by atomic mass is 32.2. The van der Waals surface area contributed by atoms with Gasteiger partial charge in [-0.1, -0.05) is 6.42 Å². The Morgan fingerprint density at radius 2 is 2.05 bits per heavy atom. The fourth-order valence-electron chi connectivity index (χ4n) is 2.27. The molecular formula is C13H17F2NO3S. The zero-order valence-corrected chi connectivity index (χ0v) is 11.9. The molecule has 20 heavy (non-hydrogen) atoms. The van der Waals surface area contributed by atoms with E-state index in [0.29, 0.717) is 0 Å². The molecule has 0 amide bonds. The summed E-state index contributed by atoms with van der Waals surface area (Å²) < 4.78 is 53.9. The lowest BCUT2D eigenvalue weighted by atomic mass is 9.81. The van der Waals surface area contributed by atoms with Crippen LogP contribution in [0.15, 0.2) is 17.0 Å². The number of nitrogens with one attached hydrogen (secondary N) is 1. The van der Waals surface area contributed by atoms with E-state index < -0.39 is 38.7 Å². The maximum atomic E-state index is 14.0. The molecule has 112 valence electrons. The van der Waals surface area contributed by atoms with Crippen molar-refractivity contribution in [1.29, 1.82) is 0 Å². The van der Waals surface area contributed by atoms with Crippen LogP contribution in [0.5, 0.6) is 0 Å². The highest BCUT2D eigenvalue weighted by molar-refractivity contribution is 7.89. The second-order valence-electron chi connectivity index (χ2n) is 5.10. The van der Waals surface area contributed by atoms with Crippen molar-refractivity contribution in [2.75, 3.05) is 0 Å². The molecule has 1 aromatic carbocycles. The number of aliphatic hydroxyl groups excluding tert-OH is 1. The van der Waals surface area contributed by atoms with E-state index in [4.69, 9.17) is 5.11 Å². The molecule has 1 atom stereocenters. The standard InChI is InChI=1S/C13H17F2NO3S/c1-8(9-3-2-4-9)16-20(18,19)12-6-5-11(14)10(7-17)13(12)15/h5-6,8-9,16-17H,2-4,7H2,1H3. The molecule has 1 aliphatic rings. The molecule has 1 fully saturated rings. The quantitative estimate of drug-likeness (QED) is 0.873. The van der Waals surface area contributed by atoms with Crippen molar-refractivity contribution in [3.63, 3.8) is 0 Å². The highest BCUT2D eigenvalue weighted by Crippen LogP contribution is 2.30. The van der Waals surface area contributed by atoms with E-state index in [1.165, 1.54) is 0 Å². The molecule has 0 radical (unpaired) electrons. The molecule has 0 saturated heterocycles. The second-order valence-corrected chi connectivity index (χ2v) is 6.78. The summed E-state index contributed by atoms with van der Waals surface area (Å²) in [5, 5.41) is 8.91. The van der Waals surface area contributed by atoms with Gasteiger partial charge in [-0.3, -0.25) is 0 Å². The number of hydrogen-bond acceptors (Lipinski definition) is 3. The van der Waals surface area contributed by atoms with Gasteiger partial charge < -0.3 is 5.11 Å². The van der Waals surface area contributed by atoms with Crippen LogP contribution in [0, 0.1) is 17.6 Å². The zero-order chi connectivity index (χ0) is 14.9. The molecule has 1 saturated carbocycles. The van der Waals surface area contributed by atoms with Crippen LogP contribution in [0.4, 0.5) is 8.78 Å². The largest absolute Gasteiger partial charge is 0.391 e. The minimum absolute atomic E-state index is 0.255. The Labute approximate surface area is 116 Å². The van der Waals surface area contributed by atoms with Crippen LogP contribution in [0.2, 0.25) is 0 Å². The first-order valence-corrected chi connectivity index (χ1v) is 7.95. The third-order valence-corrected chi connectivity index (χ3v) is 5.37. The molecule has 2 N–H and O–H groups in total. The molecular weight excluding hydrogens is 288 g/mol. The van der Waals surface area contributed by atoms with Crippen molar-refractivity contribution in [1.82, 2.24) is 4.72 Å². The summed E-state index contributed by atoms with van der Waals surface area (Å²) in [5.41, 5.74) is -0.635. The highest BCUT2D eigenvalue weighted by Gasteiger charge is 2.30. The van der Waals surface area contributed by atoms with E-state index in [0.717, 1.165) is 31.4 Å². The maximum Gasteiger partial charge on any atom is 0.243 e. The topological polar surface area (TPSA) is 66.4 Å². The maximum absolute atomic E-state index is 14.0. The third-order valence-electron chi connectivity index (χ3n) is 3.80. The summed E-state index contributed by atoms with van der Waals surface area (Å²) >= 11 is 0. The molecule has 0 aromatic heterocycles. The molecule has 2 rings (SSSR count).